The van der Waals surface area contributed by atoms with Crippen LogP contribution in [0.5, 0.6) is 11.5 Å². The molecule has 31 heavy (non-hydrogen) atoms. The van der Waals surface area contributed by atoms with Crippen molar-refractivity contribution in [1.82, 2.24) is 9.55 Å². The molecule has 4 aromatic rings. The van der Waals surface area contributed by atoms with E-state index in [-0.39, 0.29) is 24.4 Å². The highest BCUT2D eigenvalue weighted by molar-refractivity contribution is 7.18. The van der Waals surface area contributed by atoms with Crippen LogP contribution < -0.4 is 15.6 Å². The normalized spacial score (nSPS) is 10.9. The molecule has 1 N–H and O–H groups in total. The van der Waals surface area contributed by atoms with Gasteiger partial charge in [0.05, 0.1) is 11.7 Å². The van der Waals surface area contributed by atoms with Crippen molar-refractivity contribution in [3.8, 4) is 11.5 Å². The van der Waals surface area contributed by atoms with E-state index in [0.29, 0.717) is 16.8 Å². The second kappa shape index (κ2) is 8.73. The number of hydrogen-bond donors (Lipinski definition) is 1. The molecule has 0 aliphatic rings. The van der Waals surface area contributed by atoms with Crippen LogP contribution in [0.1, 0.15) is 22.4 Å². The van der Waals surface area contributed by atoms with Gasteiger partial charge in [0.1, 0.15) is 16.3 Å². The van der Waals surface area contributed by atoms with Gasteiger partial charge in [-0.3, -0.25) is 14.2 Å². The number of aromatic nitrogens is 2. The number of anilines is 1. The lowest BCUT2D eigenvalue weighted by atomic mass is 10.2. The van der Waals surface area contributed by atoms with Gasteiger partial charge in [0.2, 0.25) is 5.91 Å². The third-order valence-corrected chi connectivity index (χ3v) is 6.25. The minimum Gasteiger partial charge on any atom is -0.457 e. The first-order chi connectivity index (χ1) is 14.9. The predicted octanol–water partition coefficient (Wildman–Crippen LogP) is 5.20. The maximum absolute atomic E-state index is 12.7. The zero-order valence-corrected chi connectivity index (χ0v) is 18.5. The standard InChI is InChI=1S/C24H23N3O3S/c1-15-4-8-19(9-5-15)30-20-10-6-18(7-11-20)26-21(28)12-13-27-14-25-23-22(24(27)29)16(2)17(3)31-23/h4-11,14H,12-13H2,1-3H3,(H,26,28). The van der Waals surface area contributed by atoms with Gasteiger partial charge < -0.3 is 10.1 Å². The molecule has 0 bridgehead atoms. The summed E-state index contributed by atoms with van der Waals surface area (Å²) in [5.74, 6) is 1.28. The van der Waals surface area contributed by atoms with Gasteiger partial charge >= 0.3 is 0 Å². The SMILES string of the molecule is Cc1ccc(Oc2ccc(NC(=O)CCn3cnc4sc(C)c(C)c4c3=O)cc2)cc1. The van der Waals surface area contributed by atoms with Gasteiger partial charge in [-0.1, -0.05) is 17.7 Å². The molecule has 0 saturated carbocycles. The summed E-state index contributed by atoms with van der Waals surface area (Å²) in [5.41, 5.74) is 2.71. The maximum Gasteiger partial charge on any atom is 0.262 e. The van der Waals surface area contributed by atoms with E-state index in [1.54, 1.807) is 24.3 Å². The number of rotatable bonds is 6. The molecule has 158 valence electrons. The minimum absolute atomic E-state index is 0.0998. The largest absolute Gasteiger partial charge is 0.457 e. The molecule has 0 spiro atoms. The Morgan fingerprint density at radius 2 is 1.68 bits per heavy atom. The number of amides is 1. The fourth-order valence-electron chi connectivity index (χ4n) is 3.22. The Balaban J connectivity index is 1.36. The number of ether oxygens (including phenoxy) is 1. The second-order valence-corrected chi connectivity index (χ2v) is 8.65. The molecule has 2 heterocycles. The fourth-order valence-corrected chi connectivity index (χ4v) is 4.21. The van der Waals surface area contributed by atoms with E-state index in [4.69, 9.17) is 4.74 Å². The topological polar surface area (TPSA) is 73.2 Å². The first-order valence-corrected chi connectivity index (χ1v) is 10.8. The van der Waals surface area contributed by atoms with Gasteiger partial charge in [0.25, 0.3) is 5.56 Å². The third kappa shape index (κ3) is 4.67. The molecule has 4 rings (SSSR count). The summed E-state index contributed by atoms with van der Waals surface area (Å²) < 4.78 is 7.30. The van der Waals surface area contributed by atoms with Crippen molar-refractivity contribution in [3.63, 3.8) is 0 Å². The summed E-state index contributed by atoms with van der Waals surface area (Å²) in [7, 11) is 0. The highest BCUT2D eigenvalue weighted by Gasteiger charge is 2.13. The monoisotopic (exact) mass is 433 g/mol. The Morgan fingerprint density at radius 3 is 2.35 bits per heavy atom. The lowest BCUT2D eigenvalue weighted by Crippen LogP contribution is -2.23. The van der Waals surface area contributed by atoms with Crippen LogP contribution >= 0.6 is 11.3 Å². The Bertz CT molecular complexity index is 1290. The zero-order chi connectivity index (χ0) is 22.0. The van der Waals surface area contributed by atoms with Gasteiger partial charge in [-0.05, 0) is 62.7 Å². The van der Waals surface area contributed by atoms with E-state index in [1.807, 2.05) is 45.0 Å². The molecule has 0 saturated heterocycles. The van der Waals surface area contributed by atoms with Crippen LogP contribution in [0.2, 0.25) is 0 Å². The van der Waals surface area contributed by atoms with Gasteiger partial charge in [-0.2, -0.15) is 0 Å². The van der Waals surface area contributed by atoms with Crippen LogP contribution in [0.25, 0.3) is 10.2 Å². The lowest BCUT2D eigenvalue weighted by molar-refractivity contribution is -0.116. The van der Waals surface area contributed by atoms with E-state index in [2.05, 4.69) is 10.3 Å². The molecule has 0 unspecified atom stereocenters. The summed E-state index contributed by atoms with van der Waals surface area (Å²) in [6.07, 6.45) is 1.70. The summed E-state index contributed by atoms with van der Waals surface area (Å²) in [5, 5.41) is 3.50. The van der Waals surface area contributed by atoms with Crippen molar-refractivity contribution in [2.24, 2.45) is 0 Å². The molecule has 0 aliphatic carbocycles. The molecule has 0 fully saturated rings. The van der Waals surface area contributed by atoms with E-state index in [1.165, 1.54) is 27.8 Å². The van der Waals surface area contributed by atoms with Gasteiger partial charge in [-0.15, -0.1) is 11.3 Å². The van der Waals surface area contributed by atoms with E-state index >= 15 is 0 Å². The molecule has 0 atom stereocenters. The van der Waals surface area contributed by atoms with Gasteiger partial charge in [0.15, 0.2) is 0 Å². The summed E-state index contributed by atoms with van der Waals surface area (Å²) in [4.78, 5) is 31.3. The number of nitrogens with zero attached hydrogens (tertiary/aromatic N) is 2. The van der Waals surface area contributed by atoms with Crippen molar-refractivity contribution in [2.45, 2.75) is 33.7 Å². The molecule has 2 aromatic heterocycles. The Morgan fingerprint density at radius 1 is 1.03 bits per heavy atom. The Kier molecular flexibility index (Phi) is 5.86. The third-order valence-electron chi connectivity index (χ3n) is 5.13. The highest BCUT2D eigenvalue weighted by atomic mass is 32.1. The number of fused-ring (bicyclic) bond motifs is 1. The van der Waals surface area contributed by atoms with Crippen LogP contribution in [-0.4, -0.2) is 15.5 Å². The molecular weight excluding hydrogens is 410 g/mol. The molecule has 1 amide bonds. The molecule has 6 nitrogen and oxygen atoms in total. The smallest absolute Gasteiger partial charge is 0.262 e. The van der Waals surface area contributed by atoms with E-state index in [0.717, 1.165) is 21.0 Å². The van der Waals surface area contributed by atoms with Crippen LogP contribution in [-0.2, 0) is 11.3 Å². The van der Waals surface area contributed by atoms with Crippen LogP contribution in [0.4, 0.5) is 5.69 Å². The highest BCUT2D eigenvalue weighted by Crippen LogP contribution is 2.25. The first kappa shape index (κ1) is 20.8. The first-order valence-electron chi connectivity index (χ1n) is 10.0. The lowest BCUT2D eigenvalue weighted by Gasteiger charge is -2.09. The average Bonchev–Trinajstić information content (AvgIpc) is 3.05. The van der Waals surface area contributed by atoms with Crippen LogP contribution in [0.3, 0.4) is 0 Å². The number of carbonyl (C=O) groups excluding carboxylic acids is 1. The maximum atomic E-state index is 12.7. The average molecular weight is 434 g/mol. The quantitative estimate of drug-likeness (QED) is 0.453. The summed E-state index contributed by atoms with van der Waals surface area (Å²) in [6.45, 7) is 6.21. The van der Waals surface area contributed by atoms with Crippen LogP contribution in [0.15, 0.2) is 59.7 Å². The number of benzene rings is 2. The van der Waals surface area contributed by atoms with Crippen molar-refractivity contribution in [2.75, 3.05) is 5.32 Å². The molecule has 7 heteroatoms. The molecule has 0 aliphatic heterocycles. The molecular formula is C24H23N3O3S. The van der Waals surface area contributed by atoms with E-state index < -0.39 is 0 Å². The predicted molar refractivity (Wildman–Crippen MR) is 124 cm³/mol. The van der Waals surface area contributed by atoms with Gasteiger partial charge in [0, 0.05) is 23.5 Å². The van der Waals surface area contributed by atoms with E-state index in [9.17, 15) is 9.59 Å². The number of carbonyl (C=O) groups is 1. The second-order valence-electron chi connectivity index (χ2n) is 7.44. The van der Waals surface area contributed by atoms with Gasteiger partial charge in [-0.25, -0.2) is 4.98 Å². The minimum atomic E-state index is -0.169. The fraction of sp³-hybridized carbons (Fsp3) is 0.208. The Labute approximate surface area is 184 Å². The summed E-state index contributed by atoms with van der Waals surface area (Å²) in [6, 6.07) is 15.0. The molecule has 0 radical (unpaired) electrons. The summed E-state index contributed by atoms with van der Waals surface area (Å²) >= 11 is 1.52. The number of hydrogen-bond acceptors (Lipinski definition) is 5. The van der Waals surface area contributed by atoms with Crippen molar-refractivity contribution in [1.29, 1.82) is 0 Å². The van der Waals surface area contributed by atoms with Crippen molar-refractivity contribution >= 4 is 33.1 Å². The number of aryl methyl sites for hydroxylation is 4. The van der Waals surface area contributed by atoms with Crippen molar-refractivity contribution < 1.29 is 9.53 Å². The number of thiophene rings is 1. The van der Waals surface area contributed by atoms with Crippen LogP contribution in [0, 0.1) is 20.8 Å². The zero-order valence-electron chi connectivity index (χ0n) is 17.6. The Hall–Kier alpha value is -3.45. The number of nitrogens with one attached hydrogen (secondary N) is 1. The molecule has 2 aromatic carbocycles. The van der Waals surface area contributed by atoms with Crippen molar-refractivity contribution in [3.05, 3.63) is 81.2 Å².